The Labute approximate surface area is 118 Å². The number of nitro benzene ring substituents is 1. The average Bonchev–Trinajstić information content (AvgIpc) is 2.34. The molecule has 20 heavy (non-hydrogen) atoms. The van der Waals surface area contributed by atoms with E-state index in [-0.39, 0.29) is 28.6 Å². The zero-order valence-electron chi connectivity index (χ0n) is 12.3. The molecule has 1 unspecified atom stereocenters. The molecule has 0 saturated carbocycles. The lowest BCUT2D eigenvalue weighted by molar-refractivity contribution is -0.385. The number of rotatable bonds is 4. The number of carbonyl (C=O) groups is 1. The van der Waals surface area contributed by atoms with Crippen LogP contribution in [0.25, 0.3) is 0 Å². The van der Waals surface area contributed by atoms with Gasteiger partial charge in [0.25, 0.3) is 11.6 Å². The molecule has 0 aliphatic rings. The number of aryl methyl sites for hydroxylation is 1. The monoisotopic (exact) mass is 279 g/mol. The molecular formula is C14H21N3O3. The molecule has 6 nitrogen and oxygen atoms in total. The van der Waals surface area contributed by atoms with Gasteiger partial charge < -0.3 is 11.1 Å². The maximum absolute atomic E-state index is 12.2. The van der Waals surface area contributed by atoms with Crippen LogP contribution in [0.4, 0.5) is 5.69 Å². The maximum Gasteiger partial charge on any atom is 0.273 e. The molecule has 110 valence electrons. The molecule has 0 spiro atoms. The molecule has 0 aliphatic heterocycles. The number of carbonyl (C=O) groups excluding carboxylic acids is 1. The van der Waals surface area contributed by atoms with Crippen molar-refractivity contribution in [3.63, 3.8) is 0 Å². The quantitative estimate of drug-likeness (QED) is 0.650. The van der Waals surface area contributed by atoms with Crippen molar-refractivity contribution in [1.82, 2.24) is 5.32 Å². The van der Waals surface area contributed by atoms with Crippen LogP contribution in [0.1, 0.15) is 36.7 Å². The van der Waals surface area contributed by atoms with Crippen molar-refractivity contribution < 1.29 is 9.72 Å². The van der Waals surface area contributed by atoms with Crippen LogP contribution in [0.15, 0.2) is 18.2 Å². The van der Waals surface area contributed by atoms with Gasteiger partial charge in [0.15, 0.2) is 0 Å². The van der Waals surface area contributed by atoms with E-state index >= 15 is 0 Å². The first-order valence-corrected chi connectivity index (χ1v) is 6.42. The number of nitro groups is 1. The summed E-state index contributed by atoms with van der Waals surface area (Å²) < 4.78 is 0. The SMILES string of the molecule is Cc1ccc(C(=O)NC(CN)C(C)(C)C)cc1[N+](=O)[O-]. The highest BCUT2D eigenvalue weighted by atomic mass is 16.6. The van der Waals surface area contributed by atoms with Gasteiger partial charge in [-0.15, -0.1) is 0 Å². The minimum Gasteiger partial charge on any atom is -0.348 e. The third-order valence-electron chi connectivity index (χ3n) is 3.25. The highest BCUT2D eigenvalue weighted by Crippen LogP contribution is 2.21. The van der Waals surface area contributed by atoms with Gasteiger partial charge in [0, 0.05) is 29.8 Å². The van der Waals surface area contributed by atoms with E-state index in [1.54, 1.807) is 19.1 Å². The van der Waals surface area contributed by atoms with Gasteiger partial charge in [0.1, 0.15) is 0 Å². The van der Waals surface area contributed by atoms with Crippen LogP contribution in [-0.4, -0.2) is 23.4 Å². The normalized spacial score (nSPS) is 12.8. The van der Waals surface area contributed by atoms with E-state index in [1.807, 2.05) is 20.8 Å². The molecule has 0 fully saturated rings. The Bertz CT molecular complexity index is 521. The van der Waals surface area contributed by atoms with Crippen LogP contribution in [0.2, 0.25) is 0 Å². The molecule has 0 aromatic heterocycles. The fraction of sp³-hybridized carbons (Fsp3) is 0.500. The molecule has 1 aromatic carbocycles. The second-order valence-corrected chi connectivity index (χ2v) is 5.89. The summed E-state index contributed by atoms with van der Waals surface area (Å²) in [6, 6.07) is 4.24. The summed E-state index contributed by atoms with van der Waals surface area (Å²) in [7, 11) is 0. The molecule has 1 amide bonds. The van der Waals surface area contributed by atoms with Gasteiger partial charge in [-0.3, -0.25) is 14.9 Å². The number of hydrogen-bond donors (Lipinski definition) is 2. The standard InChI is InChI=1S/C14H21N3O3/c1-9-5-6-10(7-11(9)17(19)20)13(18)16-12(8-15)14(2,3)4/h5-7,12H,8,15H2,1-4H3,(H,16,18). The van der Waals surface area contributed by atoms with E-state index in [4.69, 9.17) is 5.73 Å². The average molecular weight is 279 g/mol. The molecule has 1 atom stereocenters. The summed E-state index contributed by atoms with van der Waals surface area (Å²) in [4.78, 5) is 22.6. The Morgan fingerprint density at radius 3 is 2.50 bits per heavy atom. The largest absolute Gasteiger partial charge is 0.348 e. The first-order valence-electron chi connectivity index (χ1n) is 6.42. The highest BCUT2D eigenvalue weighted by molar-refractivity contribution is 5.95. The third kappa shape index (κ3) is 3.77. The highest BCUT2D eigenvalue weighted by Gasteiger charge is 2.25. The zero-order chi connectivity index (χ0) is 15.5. The molecule has 0 aliphatic carbocycles. The molecule has 0 radical (unpaired) electrons. The van der Waals surface area contributed by atoms with Gasteiger partial charge in [0.2, 0.25) is 0 Å². The molecule has 1 aromatic rings. The summed E-state index contributed by atoms with van der Waals surface area (Å²) >= 11 is 0. The second kappa shape index (κ2) is 6.00. The number of amides is 1. The molecule has 0 saturated heterocycles. The molecule has 1 rings (SSSR count). The predicted octanol–water partition coefficient (Wildman–Crippen LogP) is 2.01. The van der Waals surface area contributed by atoms with E-state index in [0.717, 1.165) is 0 Å². The maximum atomic E-state index is 12.2. The van der Waals surface area contributed by atoms with E-state index in [9.17, 15) is 14.9 Å². The van der Waals surface area contributed by atoms with Gasteiger partial charge in [-0.25, -0.2) is 0 Å². The van der Waals surface area contributed by atoms with Crippen molar-refractivity contribution in [3.05, 3.63) is 39.4 Å². The third-order valence-corrected chi connectivity index (χ3v) is 3.25. The summed E-state index contributed by atoms with van der Waals surface area (Å²) in [5, 5.41) is 13.7. The minimum atomic E-state index is -0.490. The molecular weight excluding hydrogens is 258 g/mol. The van der Waals surface area contributed by atoms with Gasteiger partial charge >= 0.3 is 0 Å². The Morgan fingerprint density at radius 2 is 2.05 bits per heavy atom. The van der Waals surface area contributed by atoms with E-state index < -0.39 is 4.92 Å². The van der Waals surface area contributed by atoms with Crippen LogP contribution >= 0.6 is 0 Å². The van der Waals surface area contributed by atoms with Gasteiger partial charge in [-0.05, 0) is 18.4 Å². The van der Waals surface area contributed by atoms with Crippen molar-refractivity contribution in [1.29, 1.82) is 0 Å². The number of nitrogens with zero attached hydrogens (tertiary/aromatic N) is 1. The summed E-state index contributed by atoms with van der Waals surface area (Å²) in [6.45, 7) is 7.87. The van der Waals surface area contributed by atoms with Gasteiger partial charge in [0.05, 0.1) is 4.92 Å². The summed E-state index contributed by atoms with van der Waals surface area (Å²) in [5.41, 5.74) is 6.22. The molecule has 0 bridgehead atoms. The molecule has 0 heterocycles. The van der Waals surface area contributed by atoms with E-state index in [2.05, 4.69) is 5.32 Å². The van der Waals surface area contributed by atoms with Gasteiger partial charge in [-0.1, -0.05) is 26.8 Å². The van der Waals surface area contributed by atoms with Crippen LogP contribution in [-0.2, 0) is 0 Å². The Kier molecular flexibility index (Phi) is 4.83. The van der Waals surface area contributed by atoms with Crippen LogP contribution in [0.3, 0.4) is 0 Å². The molecule has 3 N–H and O–H groups in total. The Morgan fingerprint density at radius 1 is 1.45 bits per heavy atom. The smallest absolute Gasteiger partial charge is 0.273 e. The van der Waals surface area contributed by atoms with E-state index in [0.29, 0.717) is 12.1 Å². The number of nitrogens with one attached hydrogen (secondary N) is 1. The first kappa shape index (κ1) is 16.1. The van der Waals surface area contributed by atoms with Crippen molar-refractivity contribution in [3.8, 4) is 0 Å². The fourth-order valence-corrected chi connectivity index (χ4v) is 1.82. The van der Waals surface area contributed by atoms with Crippen LogP contribution in [0, 0.1) is 22.5 Å². The lowest BCUT2D eigenvalue weighted by atomic mass is 9.86. The first-order chi connectivity index (χ1) is 9.16. The van der Waals surface area contributed by atoms with Crippen molar-refractivity contribution >= 4 is 11.6 Å². The number of hydrogen-bond acceptors (Lipinski definition) is 4. The fourth-order valence-electron chi connectivity index (χ4n) is 1.82. The number of benzene rings is 1. The zero-order valence-corrected chi connectivity index (χ0v) is 12.3. The summed E-state index contributed by atoms with van der Waals surface area (Å²) in [6.07, 6.45) is 0. The Hall–Kier alpha value is -1.95. The van der Waals surface area contributed by atoms with Crippen LogP contribution in [0.5, 0.6) is 0 Å². The summed E-state index contributed by atoms with van der Waals surface area (Å²) in [5.74, 6) is -0.349. The van der Waals surface area contributed by atoms with Crippen LogP contribution < -0.4 is 11.1 Å². The van der Waals surface area contributed by atoms with Crippen molar-refractivity contribution in [2.45, 2.75) is 33.7 Å². The second-order valence-electron chi connectivity index (χ2n) is 5.89. The van der Waals surface area contributed by atoms with Gasteiger partial charge in [-0.2, -0.15) is 0 Å². The van der Waals surface area contributed by atoms with E-state index in [1.165, 1.54) is 6.07 Å². The number of nitrogens with two attached hydrogens (primary N) is 1. The molecule has 6 heteroatoms. The minimum absolute atomic E-state index is 0.0577. The lowest BCUT2D eigenvalue weighted by Crippen LogP contribution is -2.48. The van der Waals surface area contributed by atoms with Crippen molar-refractivity contribution in [2.24, 2.45) is 11.1 Å². The predicted molar refractivity (Wildman–Crippen MR) is 77.6 cm³/mol. The Balaban J connectivity index is 2.98. The van der Waals surface area contributed by atoms with Crippen molar-refractivity contribution in [2.75, 3.05) is 6.54 Å². The topological polar surface area (TPSA) is 98.3 Å². The lowest BCUT2D eigenvalue weighted by Gasteiger charge is -2.30.